The zero-order valence-corrected chi connectivity index (χ0v) is 12.0. The molecule has 2 aromatic rings. The quantitative estimate of drug-likeness (QED) is 0.617. The first-order chi connectivity index (χ1) is 8.20. The Morgan fingerprint density at radius 3 is 2.59 bits per heavy atom. The standard InChI is InChI=1S/C12H9BrO2S2/c13-7-10(15)12-4-3-8(17-12)6-9(14)11-2-1-5-16-11/h1-5H,6-7H2. The van der Waals surface area contributed by atoms with Gasteiger partial charge in [0.05, 0.1) is 15.1 Å². The molecule has 0 atom stereocenters. The first-order valence-electron chi connectivity index (χ1n) is 4.95. The van der Waals surface area contributed by atoms with Crippen molar-refractivity contribution >= 4 is 50.2 Å². The van der Waals surface area contributed by atoms with E-state index in [1.54, 1.807) is 6.07 Å². The van der Waals surface area contributed by atoms with Gasteiger partial charge >= 0.3 is 0 Å². The van der Waals surface area contributed by atoms with E-state index in [-0.39, 0.29) is 11.6 Å². The highest BCUT2D eigenvalue weighted by Crippen LogP contribution is 2.20. The van der Waals surface area contributed by atoms with Crippen molar-refractivity contribution in [2.24, 2.45) is 0 Å². The van der Waals surface area contributed by atoms with Gasteiger partial charge in [-0.3, -0.25) is 9.59 Å². The summed E-state index contributed by atoms with van der Waals surface area (Å²) in [6.07, 6.45) is 0.376. The van der Waals surface area contributed by atoms with Gasteiger partial charge in [-0.25, -0.2) is 0 Å². The maximum absolute atomic E-state index is 11.8. The van der Waals surface area contributed by atoms with E-state index in [0.717, 1.165) is 9.75 Å². The molecule has 2 nitrogen and oxygen atoms in total. The van der Waals surface area contributed by atoms with Crippen molar-refractivity contribution in [2.75, 3.05) is 5.33 Å². The van der Waals surface area contributed by atoms with Gasteiger partial charge < -0.3 is 0 Å². The van der Waals surface area contributed by atoms with Gasteiger partial charge in [-0.2, -0.15) is 0 Å². The van der Waals surface area contributed by atoms with Crippen molar-refractivity contribution in [3.8, 4) is 0 Å². The van der Waals surface area contributed by atoms with Gasteiger partial charge in [0.25, 0.3) is 0 Å². The van der Waals surface area contributed by atoms with Crippen LogP contribution in [-0.4, -0.2) is 16.9 Å². The second-order valence-corrected chi connectivity index (χ2v) is 6.08. The van der Waals surface area contributed by atoms with Crippen molar-refractivity contribution in [3.05, 3.63) is 44.3 Å². The lowest BCUT2D eigenvalue weighted by atomic mass is 10.2. The lowest BCUT2D eigenvalue weighted by Gasteiger charge is -1.94. The minimum absolute atomic E-state index is 0.0600. The molecule has 0 saturated carbocycles. The molecule has 17 heavy (non-hydrogen) atoms. The summed E-state index contributed by atoms with van der Waals surface area (Å²) in [5.74, 6) is 0.171. The molecule has 0 N–H and O–H groups in total. The number of halogens is 1. The molecule has 0 aliphatic heterocycles. The molecule has 0 amide bonds. The third-order valence-corrected chi connectivity index (χ3v) is 4.74. The molecule has 2 rings (SSSR count). The summed E-state index contributed by atoms with van der Waals surface area (Å²) < 4.78 is 0. The molecule has 0 saturated heterocycles. The van der Waals surface area contributed by atoms with Crippen LogP contribution < -0.4 is 0 Å². The number of rotatable bonds is 5. The summed E-state index contributed by atoms with van der Waals surface area (Å²) in [7, 11) is 0. The topological polar surface area (TPSA) is 34.1 Å². The van der Waals surface area contributed by atoms with Crippen LogP contribution in [0.4, 0.5) is 0 Å². The van der Waals surface area contributed by atoms with Gasteiger partial charge in [0.1, 0.15) is 0 Å². The summed E-state index contributed by atoms with van der Waals surface area (Å²) in [6, 6.07) is 7.33. The van der Waals surface area contributed by atoms with Crippen molar-refractivity contribution in [1.82, 2.24) is 0 Å². The number of hydrogen-bond acceptors (Lipinski definition) is 4. The van der Waals surface area contributed by atoms with Crippen molar-refractivity contribution in [2.45, 2.75) is 6.42 Å². The molecule has 88 valence electrons. The Bertz CT molecular complexity index is 528. The second-order valence-electron chi connectivity index (χ2n) is 3.40. The molecule has 2 aromatic heterocycles. The van der Waals surface area contributed by atoms with Crippen LogP contribution in [0.2, 0.25) is 0 Å². The van der Waals surface area contributed by atoms with E-state index in [4.69, 9.17) is 0 Å². The Kier molecular flexibility index (Phi) is 4.25. The predicted octanol–water partition coefficient (Wildman–Crippen LogP) is 3.81. The van der Waals surface area contributed by atoms with Crippen LogP contribution in [0.5, 0.6) is 0 Å². The van der Waals surface area contributed by atoms with Gasteiger partial charge in [-0.15, -0.1) is 22.7 Å². The second kappa shape index (κ2) is 5.71. The average molecular weight is 329 g/mol. The molecule has 2 heterocycles. The van der Waals surface area contributed by atoms with Crippen LogP contribution in [0.3, 0.4) is 0 Å². The fraction of sp³-hybridized carbons (Fsp3) is 0.167. The monoisotopic (exact) mass is 328 g/mol. The molecule has 0 bridgehead atoms. The minimum atomic E-state index is 0.0600. The molecule has 0 aliphatic carbocycles. The summed E-state index contributed by atoms with van der Waals surface area (Å²) >= 11 is 5.98. The first kappa shape index (κ1) is 12.7. The SMILES string of the molecule is O=C(Cc1ccc(C(=O)CBr)s1)c1cccs1. The van der Waals surface area contributed by atoms with E-state index in [9.17, 15) is 9.59 Å². The molecule has 0 aromatic carbocycles. The largest absolute Gasteiger partial charge is 0.293 e. The average Bonchev–Trinajstić information content (AvgIpc) is 2.98. The number of Topliss-reactive ketones (excluding diaryl/α,β-unsaturated/α-hetero) is 2. The van der Waals surface area contributed by atoms with Gasteiger partial charge in [-0.05, 0) is 23.6 Å². The van der Waals surface area contributed by atoms with E-state index in [1.165, 1.54) is 22.7 Å². The Morgan fingerprint density at radius 2 is 1.94 bits per heavy atom. The van der Waals surface area contributed by atoms with Crippen LogP contribution >= 0.6 is 38.6 Å². The fourth-order valence-electron chi connectivity index (χ4n) is 1.37. The van der Waals surface area contributed by atoms with E-state index < -0.39 is 0 Å². The molecule has 0 spiro atoms. The summed E-state index contributed by atoms with van der Waals surface area (Å²) in [6.45, 7) is 0. The molecule has 0 radical (unpaired) electrons. The van der Waals surface area contributed by atoms with Gasteiger partial charge in [0.2, 0.25) is 0 Å². The normalized spacial score (nSPS) is 10.4. The predicted molar refractivity (Wildman–Crippen MR) is 74.8 cm³/mol. The number of carbonyl (C=O) groups is 2. The van der Waals surface area contributed by atoms with Crippen LogP contribution in [0.25, 0.3) is 0 Å². The van der Waals surface area contributed by atoms with E-state index in [1.807, 2.05) is 23.6 Å². The van der Waals surface area contributed by atoms with Crippen LogP contribution in [0.15, 0.2) is 29.6 Å². The van der Waals surface area contributed by atoms with Crippen LogP contribution in [0.1, 0.15) is 24.2 Å². The highest BCUT2D eigenvalue weighted by molar-refractivity contribution is 9.09. The number of carbonyl (C=O) groups excluding carboxylic acids is 2. The third-order valence-electron chi connectivity index (χ3n) is 2.19. The van der Waals surface area contributed by atoms with Gasteiger partial charge in [0.15, 0.2) is 11.6 Å². The Balaban J connectivity index is 2.07. The molecule has 5 heteroatoms. The lowest BCUT2D eigenvalue weighted by Crippen LogP contribution is -1.99. The van der Waals surface area contributed by atoms with E-state index in [2.05, 4.69) is 15.9 Å². The summed E-state index contributed by atoms with van der Waals surface area (Å²) in [5, 5.41) is 2.22. The Morgan fingerprint density at radius 1 is 1.12 bits per heavy atom. The van der Waals surface area contributed by atoms with Crippen molar-refractivity contribution in [1.29, 1.82) is 0 Å². The van der Waals surface area contributed by atoms with Gasteiger partial charge in [-0.1, -0.05) is 22.0 Å². The molecule has 0 unspecified atom stereocenters. The van der Waals surface area contributed by atoms with Crippen LogP contribution in [0, 0.1) is 0 Å². The van der Waals surface area contributed by atoms with Crippen molar-refractivity contribution < 1.29 is 9.59 Å². The Hall–Kier alpha value is -0.780. The summed E-state index contributed by atoms with van der Waals surface area (Å²) in [5.41, 5.74) is 0. The maximum Gasteiger partial charge on any atom is 0.183 e. The van der Waals surface area contributed by atoms with E-state index in [0.29, 0.717) is 16.6 Å². The lowest BCUT2D eigenvalue weighted by molar-refractivity contribution is 0.0995. The first-order valence-corrected chi connectivity index (χ1v) is 7.77. The third kappa shape index (κ3) is 3.12. The fourth-order valence-corrected chi connectivity index (χ4v) is 3.47. The zero-order valence-electron chi connectivity index (χ0n) is 8.81. The maximum atomic E-state index is 11.8. The smallest absolute Gasteiger partial charge is 0.183 e. The highest BCUT2D eigenvalue weighted by atomic mass is 79.9. The van der Waals surface area contributed by atoms with Crippen molar-refractivity contribution in [3.63, 3.8) is 0 Å². The van der Waals surface area contributed by atoms with Gasteiger partial charge in [0, 0.05) is 11.3 Å². The Labute approximate surface area is 115 Å². The number of alkyl halides is 1. The summed E-state index contributed by atoms with van der Waals surface area (Å²) in [4.78, 5) is 25.7. The molecular formula is C12H9BrO2S2. The van der Waals surface area contributed by atoms with Crippen LogP contribution in [-0.2, 0) is 6.42 Å². The molecule has 0 fully saturated rings. The molecular weight excluding hydrogens is 320 g/mol. The number of ketones is 2. The van der Waals surface area contributed by atoms with E-state index >= 15 is 0 Å². The highest BCUT2D eigenvalue weighted by Gasteiger charge is 2.12. The molecule has 0 aliphatic rings. The zero-order chi connectivity index (χ0) is 12.3. The number of hydrogen-bond donors (Lipinski definition) is 0. The number of thiophene rings is 2. The minimum Gasteiger partial charge on any atom is -0.293 e.